The molecule has 1 aromatic carbocycles. The summed E-state index contributed by atoms with van der Waals surface area (Å²) in [5.41, 5.74) is 1.56. The Morgan fingerprint density at radius 3 is 2.86 bits per heavy atom. The van der Waals surface area contributed by atoms with Crippen molar-refractivity contribution in [3.8, 4) is 5.75 Å². The minimum Gasteiger partial charge on any atom is -0.493 e. The molecule has 0 aliphatic carbocycles. The predicted molar refractivity (Wildman–Crippen MR) is 110 cm³/mol. The van der Waals surface area contributed by atoms with E-state index in [1.54, 1.807) is 17.3 Å². The predicted octanol–water partition coefficient (Wildman–Crippen LogP) is 2.55. The van der Waals surface area contributed by atoms with Gasteiger partial charge in [-0.05, 0) is 31.4 Å². The van der Waals surface area contributed by atoms with Crippen LogP contribution in [-0.2, 0) is 4.74 Å². The molecule has 1 aromatic heterocycles. The van der Waals surface area contributed by atoms with Gasteiger partial charge in [-0.15, -0.1) is 0 Å². The van der Waals surface area contributed by atoms with E-state index in [4.69, 9.17) is 9.47 Å². The van der Waals surface area contributed by atoms with E-state index in [1.807, 2.05) is 18.2 Å². The van der Waals surface area contributed by atoms with Crippen molar-refractivity contribution in [1.82, 2.24) is 14.9 Å². The number of hydrogen-bond acceptors (Lipinski definition) is 6. The average molecular weight is 396 g/mol. The van der Waals surface area contributed by atoms with Gasteiger partial charge in [-0.1, -0.05) is 18.2 Å². The minimum absolute atomic E-state index is 0.0703. The summed E-state index contributed by atoms with van der Waals surface area (Å²) in [6, 6.07) is 8.10. The van der Waals surface area contributed by atoms with Crippen LogP contribution >= 0.6 is 0 Å². The Morgan fingerprint density at radius 2 is 2.03 bits per heavy atom. The maximum atomic E-state index is 12.7. The fourth-order valence-corrected chi connectivity index (χ4v) is 3.87. The zero-order valence-electron chi connectivity index (χ0n) is 16.9. The summed E-state index contributed by atoms with van der Waals surface area (Å²) in [6.45, 7) is 6.89. The Morgan fingerprint density at radius 1 is 1.21 bits per heavy atom. The standard InChI is InChI=1S/C22H28N4O3/c1-17-5-2-3-7-20(17)29-16-18-6-4-8-26(15-18)21-14-23-13-19(24-21)22(27)25-9-11-28-12-10-25/h2-3,5,7,13-14,18H,4,6,8-12,15-16H2,1H3. The lowest BCUT2D eigenvalue weighted by Crippen LogP contribution is -2.41. The summed E-state index contributed by atoms with van der Waals surface area (Å²) in [5, 5.41) is 0. The van der Waals surface area contributed by atoms with Gasteiger partial charge in [-0.2, -0.15) is 0 Å². The summed E-state index contributed by atoms with van der Waals surface area (Å²) in [6.07, 6.45) is 5.51. The first-order valence-electron chi connectivity index (χ1n) is 10.3. The first-order valence-corrected chi connectivity index (χ1v) is 10.3. The van der Waals surface area contributed by atoms with E-state index in [0.717, 1.165) is 43.1 Å². The first-order chi connectivity index (χ1) is 14.2. The third-order valence-corrected chi connectivity index (χ3v) is 5.55. The molecule has 2 fully saturated rings. The van der Waals surface area contributed by atoms with Crippen molar-refractivity contribution >= 4 is 11.7 Å². The van der Waals surface area contributed by atoms with Crippen LogP contribution in [0.15, 0.2) is 36.7 Å². The number of hydrogen-bond donors (Lipinski definition) is 0. The van der Waals surface area contributed by atoms with Crippen LogP contribution in [0, 0.1) is 12.8 Å². The average Bonchev–Trinajstić information content (AvgIpc) is 2.79. The van der Waals surface area contributed by atoms with E-state index in [1.165, 1.54) is 0 Å². The van der Waals surface area contributed by atoms with Gasteiger partial charge in [0.05, 0.1) is 32.2 Å². The molecule has 0 bridgehead atoms. The highest BCUT2D eigenvalue weighted by Crippen LogP contribution is 2.24. The highest BCUT2D eigenvalue weighted by atomic mass is 16.5. The summed E-state index contributed by atoms with van der Waals surface area (Å²) in [4.78, 5) is 25.6. The molecular formula is C22H28N4O3. The summed E-state index contributed by atoms with van der Waals surface area (Å²) < 4.78 is 11.4. The topological polar surface area (TPSA) is 67.8 Å². The molecule has 0 spiro atoms. The lowest BCUT2D eigenvalue weighted by molar-refractivity contribution is 0.0298. The van der Waals surface area contributed by atoms with E-state index < -0.39 is 0 Å². The zero-order chi connectivity index (χ0) is 20.1. The molecule has 2 aliphatic heterocycles. The number of anilines is 1. The minimum atomic E-state index is -0.0703. The van der Waals surface area contributed by atoms with Crippen molar-refractivity contribution in [1.29, 1.82) is 0 Å². The number of amides is 1. The quantitative estimate of drug-likeness (QED) is 0.774. The number of nitrogens with zero attached hydrogens (tertiary/aromatic N) is 4. The molecule has 1 amide bonds. The van der Waals surface area contributed by atoms with Gasteiger partial charge in [0.15, 0.2) is 0 Å². The molecule has 4 rings (SSSR count). The molecule has 2 aromatic rings. The number of benzene rings is 1. The van der Waals surface area contributed by atoms with Crippen LogP contribution in [0.1, 0.15) is 28.9 Å². The van der Waals surface area contributed by atoms with E-state index in [2.05, 4.69) is 27.9 Å². The number of ether oxygens (including phenoxy) is 2. The Bertz CT molecular complexity index is 838. The molecule has 2 aliphatic rings. The molecule has 7 heteroatoms. The number of morpholine rings is 1. The Kier molecular flexibility index (Phi) is 6.24. The summed E-state index contributed by atoms with van der Waals surface area (Å²) >= 11 is 0. The van der Waals surface area contributed by atoms with Gasteiger partial charge in [0, 0.05) is 32.1 Å². The highest BCUT2D eigenvalue weighted by Gasteiger charge is 2.24. The second kappa shape index (κ2) is 9.22. The van der Waals surface area contributed by atoms with Gasteiger partial charge in [0.1, 0.15) is 17.3 Å². The highest BCUT2D eigenvalue weighted by molar-refractivity contribution is 5.92. The molecule has 2 saturated heterocycles. The number of para-hydroxylation sites is 1. The van der Waals surface area contributed by atoms with E-state index in [-0.39, 0.29) is 5.91 Å². The van der Waals surface area contributed by atoms with E-state index in [9.17, 15) is 4.79 Å². The number of carbonyl (C=O) groups excluding carboxylic acids is 1. The maximum Gasteiger partial charge on any atom is 0.274 e. The summed E-state index contributed by atoms with van der Waals surface area (Å²) in [7, 11) is 0. The molecule has 154 valence electrons. The third-order valence-electron chi connectivity index (χ3n) is 5.55. The normalized spacial score (nSPS) is 19.8. The van der Waals surface area contributed by atoms with Crippen LogP contribution in [0.25, 0.3) is 0 Å². The molecule has 0 saturated carbocycles. The number of rotatable bonds is 5. The molecule has 1 atom stereocenters. The molecule has 3 heterocycles. The van der Waals surface area contributed by atoms with Crippen LogP contribution < -0.4 is 9.64 Å². The molecule has 0 N–H and O–H groups in total. The lowest BCUT2D eigenvalue weighted by atomic mass is 9.99. The Hall–Kier alpha value is -2.67. The van der Waals surface area contributed by atoms with E-state index >= 15 is 0 Å². The van der Waals surface area contributed by atoms with Gasteiger partial charge >= 0.3 is 0 Å². The van der Waals surface area contributed by atoms with Crippen molar-refractivity contribution in [3.05, 3.63) is 47.9 Å². The third kappa shape index (κ3) is 4.85. The van der Waals surface area contributed by atoms with Gasteiger partial charge in [-0.3, -0.25) is 9.78 Å². The molecular weight excluding hydrogens is 368 g/mol. The fraction of sp³-hybridized carbons (Fsp3) is 0.500. The lowest BCUT2D eigenvalue weighted by Gasteiger charge is -2.33. The SMILES string of the molecule is Cc1ccccc1OCC1CCCN(c2cncc(C(=O)N3CCOCC3)n2)C1. The monoisotopic (exact) mass is 396 g/mol. The van der Waals surface area contributed by atoms with Gasteiger partial charge in [0.25, 0.3) is 5.91 Å². The smallest absolute Gasteiger partial charge is 0.274 e. The van der Waals surface area contributed by atoms with Crippen LogP contribution in [0.4, 0.5) is 5.82 Å². The Balaban J connectivity index is 1.39. The van der Waals surface area contributed by atoms with Gasteiger partial charge < -0.3 is 19.3 Å². The van der Waals surface area contributed by atoms with Crippen molar-refractivity contribution < 1.29 is 14.3 Å². The fourth-order valence-electron chi connectivity index (χ4n) is 3.87. The van der Waals surface area contributed by atoms with Crippen LogP contribution in [0.2, 0.25) is 0 Å². The molecule has 1 unspecified atom stereocenters. The second-order valence-corrected chi connectivity index (χ2v) is 7.70. The maximum absolute atomic E-state index is 12.7. The first kappa shape index (κ1) is 19.6. The summed E-state index contributed by atoms with van der Waals surface area (Å²) in [5.74, 6) is 2.06. The number of aryl methyl sites for hydroxylation is 1. The number of carbonyl (C=O) groups is 1. The van der Waals surface area contributed by atoms with Crippen molar-refractivity contribution in [2.45, 2.75) is 19.8 Å². The molecule has 29 heavy (non-hydrogen) atoms. The Labute approximate surface area is 171 Å². The number of piperidine rings is 1. The van der Waals surface area contributed by atoms with Crippen LogP contribution in [0.3, 0.4) is 0 Å². The molecule has 0 radical (unpaired) electrons. The van der Waals surface area contributed by atoms with Gasteiger partial charge in [-0.25, -0.2) is 4.98 Å². The van der Waals surface area contributed by atoms with Crippen molar-refractivity contribution in [3.63, 3.8) is 0 Å². The molecule has 7 nitrogen and oxygen atoms in total. The zero-order valence-corrected chi connectivity index (χ0v) is 16.9. The van der Waals surface area contributed by atoms with Gasteiger partial charge in [0.2, 0.25) is 0 Å². The van der Waals surface area contributed by atoms with E-state index in [0.29, 0.717) is 44.5 Å². The second-order valence-electron chi connectivity index (χ2n) is 7.70. The van der Waals surface area contributed by atoms with Crippen LogP contribution in [-0.4, -0.2) is 66.8 Å². The van der Waals surface area contributed by atoms with Crippen molar-refractivity contribution in [2.75, 3.05) is 50.9 Å². The van der Waals surface area contributed by atoms with Crippen molar-refractivity contribution in [2.24, 2.45) is 5.92 Å². The number of aromatic nitrogens is 2. The largest absolute Gasteiger partial charge is 0.493 e. The van der Waals surface area contributed by atoms with Crippen LogP contribution in [0.5, 0.6) is 5.75 Å².